The number of nitrogens with zero attached hydrogens (tertiary/aromatic N) is 1. The van der Waals surface area contributed by atoms with Crippen LogP contribution in [-0.2, 0) is 4.79 Å². The molecule has 4 heteroatoms. The molecular formula is C12H16N2O2. The molecule has 0 bridgehead atoms. The molecule has 1 aliphatic heterocycles. The summed E-state index contributed by atoms with van der Waals surface area (Å²) >= 11 is 0. The molecule has 2 rings (SSSR count). The summed E-state index contributed by atoms with van der Waals surface area (Å²) in [6.07, 6.45) is 0.484. The Morgan fingerprint density at radius 2 is 2.38 bits per heavy atom. The normalized spacial score (nSPS) is 14.0. The van der Waals surface area contributed by atoms with Crippen molar-refractivity contribution in [3.63, 3.8) is 0 Å². The van der Waals surface area contributed by atoms with E-state index in [0.717, 1.165) is 23.7 Å². The van der Waals surface area contributed by atoms with E-state index in [-0.39, 0.29) is 5.91 Å². The number of hydrogen-bond acceptors (Lipinski definition) is 3. The summed E-state index contributed by atoms with van der Waals surface area (Å²) < 4.78 is 5.56. The lowest BCUT2D eigenvalue weighted by Gasteiger charge is -2.27. The molecular weight excluding hydrogens is 204 g/mol. The highest BCUT2D eigenvalue weighted by Gasteiger charge is 2.15. The van der Waals surface area contributed by atoms with Gasteiger partial charge < -0.3 is 15.0 Å². The van der Waals surface area contributed by atoms with Crippen molar-refractivity contribution in [1.29, 1.82) is 0 Å². The molecule has 1 N–H and O–H groups in total. The topological polar surface area (TPSA) is 41.6 Å². The van der Waals surface area contributed by atoms with Gasteiger partial charge in [0.05, 0.1) is 12.2 Å². The van der Waals surface area contributed by atoms with Gasteiger partial charge in [0.15, 0.2) is 0 Å². The zero-order valence-corrected chi connectivity index (χ0v) is 9.62. The van der Waals surface area contributed by atoms with Crippen molar-refractivity contribution in [2.24, 2.45) is 0 Å². The Morgan fingerprint density at radius 3 is 3.12 bits per heavy atom. The van der Waals surface area contributed by atoms with Gasteiger partial charge in [-0.2, -0.15) is 0 Å². The Balaban J connectivity index is 2.21. The van der Waals surface area contributed by atoms with Crippen LogP contribution in [-0.4, -0.2) is 26.1 Å². The summed E-state index contributed by atoms with van der Waals surface area (Å²) in [6, 6.07) is 5.75. The van der Waals surface area contributed by atoms with E-state index in [1.807, 2.05) is 32.2 Å². The van der Waals surface area contributed by atoms with E-state index in [9.17, 15) is 4.79 Å². The number of anilines is 2. The van der Waals surface area contributed by atoms with Crippen LogP contribution < -0.4 is 15.0 Å². The summed E-state index contributed by atoms with van der Waals surface area (Å²) in [6.45, 7) is 3.42. The van der Waals surface area contributed by atoms with Gasteiger partial charge in [-0.15, -0.1) is 0 Å². The molecule has 1 amide bonds. The Bertz CT molecular complexity index is 404. The van der Waals surface area contributed by atoms with Gasteiger partial charge >= 0.3 is 0 Å². The van der Waals surface area contributed by atoms with Crippen molar-refractivity contribution in [2.45, 2.75) is 13.3 Å². The van der Waals surface area contributed by atoms with Crippen LogP contribution in [0.1, 0.15) is 13.3 Å². The Kier molecular flexibility index (Phi) is 2.99. The SMILES string of the molecule is CCC(=O)Nc1ccc2c(c1)OCCN2C. The highest BCUT2D eigenvalue weighted by atomic mass is 16.5. The first kappa shape index (κ1) is 10.8. The third kappa shape index (κ3) is 2.10. The number of likely N-dealkylation sites (N-methyl/N-ethyl adjacent to an activating group) is 1. The number of amides is 1. The Hall–Kier alpha value is -1.71. The van der Waals surface area contributed by atoms with Gasteiger partial charge in [0.1, 0.15) is 12.4 Å². The largest absolute Gasteiger partial charge is 0.489 e. The lowest BCUT2D eigenvalue weighted by molar-refractivity contribution is -0.115. The Morgan fingerprint density at radius 1 is 1.56 bits per heavy atom. The fourth-order valence-electron chi connectivity index (χ4n) is 1.69. The third-order valence-electron chi connectivity index (χ3n) is 2.66. The molecule has 0 atom stereocenters. The molecule has 1 aliphatic rings. The van der Waals surface area contributed by atoms with Gasteiger partial charge in [0.25, 0.3) is 0 Å². The zero-order valence-electron chi connectivity index (χ0n) is 9.62. The number of carbonyl (C=O) groups is 1. The number of ether oxygens (including phenoxy) is 1. The highest BCUT2D eigenvalue weighted by molar-refractivity contribution is 5.91. The maximum Gasteiger partial charge on any atom is 0.224 e. The van der Waals surface area contributed by atoms with Crippen molar-refractivity contribution < 1.29 is 9.53 Å². The predicted molar refractivity (Wildman–Crippen MR) is 64.1 cm³/mol. The van der Waals surface area contributed by atoms with Crippen molar-refractivity contribution in [2.75, 3.05) is 30.4 Å². The van der Waals surface area contributed by atoms with Crippen molar-refractivity contribution >= 4 is 17.3 Å². The molecule has 16 heavy (non-hydrogen) atoms. The molecule has 0 radical (unpaired) electrons. The summed E-state index contributed by atoms with van der Waals surface area (Å²) in [5.41, 5.74) is 1.86. The Labute approximate surface area is 95.2 Å². The monoisotopic (exact) mass is 220 g/mol. The molecule has 86 valence electrons. The van der Waals surface area contributed by atoms with E-state index in [4.69, 9.17) is 4.74 Å². The van der Waals surface area contributed by atoms with Crippen LogP contribution in [0.2, 0.25) is 0 Å². The molecule has 0 aromatic heterocycles. The summed E-state index contributed by atoms with van der Waals surface area (Å²) in [4.78, 5) is 13.4. The van der Waals surface area contributed by atoms with E-state index in [2.05, 4.69) is 10.2 Å². The zero-order chi connectivity index (χ0) is 11.5. The summed E-state index contributed by atoms with van der Waals surface area (Å²) in [5.74, 6) is 0.853. The number of carbonyl (C=O) groups excluding carboxylic acids is 1. The van der Waals surface area contributed by atoms with Gasteiger partial charge in [0.2, 0.25) is 5.91 Å². The van der Waals surface area contributed by atoms with Crippen molar-refractivity contribution in [3.8, 4) is 5.75 Å². The standard InChI is InChI=1S/C12H16N2O2/c1-3-12(15)13-9-4-5-10-11(8-9)16-7-6-14(10)2/h4-5,8H,3,6-7H2,1-2H3,(H,13,15). The lowest BCUT2D eigenvalue weighted by Crippen LogP contribution is -2.28. The van der Waals surface area contributed by atoms with E-state index in [0.29, 0.717) is 13.0 Å². The highest BCUT2D eigenvalue weighted by Crippen LogP contribution is 2.33. The molecule has 1 heterocycles. The first-order valence-corrected chi connectivity index (χ1v) is 5.48. The fourth-order valence-corrected chi connectivity index (χ4v) is 1.69. The fraction of sp³-hybridized carbons (Fsp3) is 0.417. The quantitative estimate of drug-likeness (QED) is 0.827. The van der Waals surface area contributed by atoms with Crippen LogP contribution in [0.3, 0.4) is 0 Å². The molecule has 0 saturated carbocycles. The summed E-state index contributed by atoms with van der Waals surface area (Å²) in [7, 11) is 2.03. The lowest BCUT2D eigenvalue weighted by atomic mass is 10.2. The minimum absolute atomic E-state index is 0.0177. The van der Waals surface area contributed by atoms with Gasteiger partial charge in [0, 0.05) is 25.2 Å². The molecule has 0 saturated heterocycles. The first-order valence-electron chi connectivity index (χ1n) is 5.48. The van der Waals surface area contributed by atoms with Crippen LogP contribution in [0.5, 0.6) is 5.75 Å². The number of nitrogens with one attached hydrogen (secondary N) is 1. The van der Waals surface area contributed by atoms with Gasteiger partial charge in [-0.1, -0.05) is 6.92 Å². The van der Waals surface area contributed by atoms with Crippen LogP contribution >= 0.6 is 0 Å². The number of fused-ring (bicyclic) bond motifs is 1. The smallest absolute Gasteiger partial charge is 0.224 e. The van der Waals surface area contributed by atoms with Crippen LogP contribution in [0.15, 0.2) is 18.2 Å². The van der Waals surface area contributed by atoms with E-state index >= 15 is 0 Å². The van der Waals surface area contributed by atoms with E-state index < -0.39 is 0 Å². The first-order chi connectivity index (χ1) is 7.70. The number of rotatable bonds is 2. The second-order valence-corrected chi connectivity index (χ2v) is 3.85. The van der Waals surface area contributed by atoms with Crippen LogP contribution in [0.25, 0.3) is 0 Å². The second kappa shape index (κ2) is 4.43. The predicted octanol–water partition coefficient (Wildman–Crippen LogP) is 1.86. The molecule has 0 unspecified atom stereocenters. The molecule has 0 spiro atoms. The summed E-state index contributed by atoms with van der Waals surface area (Å²) in [5, 5.41) is 2.82. The molecule has 0 aliphatic carbocycles. The minimum atomic E-state index is 0.0177. The van der Waals surface area contributed by atoms with E-state index in [1.165, 1.54) is 0 Å². The number of benzene rings is 1. The van der Waals surface area contributed by atoms with Gasteiger partial charge in [-0.25, -0.2) is 0 Å². The van der Waals surface area contributed by atoms with Crippen LogP contribution in [0.4, 0.5) is 11.4 Å². The van der Waals surface area contributed by atoms with Crippen LogP contribution in [0, 0.1) is 0 Å². The maximum absolute atomic E-state index is 11.3. The second-order valence-electron chi connectivity index (χ2n) is 3.85. The average Bonchev–Trinajstić information content (AvgIpc) is 2.29. The van der Waals surface area contributed by atoms with Crippen molar-refractivity contribution in [1.82, 2.24) is 0 Å². The average molecular weight is 220 g/mol. The van der Waals surface area contributed by atoms with Gasteiger partial charge in [-0.3, -0.25) is 4.79 Å². The van der Waals surface area contributed by atoms with E-state index in [1.54, 1.807) is 0 Å². The number of hydrogen-bond donors (Lipinski definition) is 1. The maximum atomic E-state index is 11.3. The van der Waals surface area contributed by atoms with Crippen molar-refractivity contribution in [3.05, 3.63) is 18.2 Å². The molecule has 1 aromatic rings. The molecule has 1 aromatic carbocycles. The molecule has 0 fully saturated rings. The molecule has 4 nitrogen and oxygen atoms in total. The third-order valence-corrected chi connectivity index (χ3v) is 2.66. The minimum Gasteiger partial charge on any atom is -0.489 e. The van der Waals surface area contributed by atoms with Gasteiger partial charge in [-0.05, 0) is 12.1 Å².